The molecule has 1 aromatic carbocycles. The molecule has 0 saturated carbocycles. The van der Waals surface area contributed by atoms with Gasteiger partial charge in [-0.3, -0.25) is 4.79 Å². The number of aliphatic hydroxyl groups is 1. The fourth-order valence-electron chi connectivity index (χ4n) is 1.75. The average Bonchev–Trinajstić information content (AvgIpc) is 2.64. The van der Waals surface area contributed by atoms with Crippen molar-refractivity contribution in [2.45, 2.75) is 13.8 Å². The lowest BCUT2D eigenvalue weighted by molar-refractivity contribution is -0.161. The Morgan fingerprint density at radius 2 is 1.77 bits per heavy atom. The number of hydrogen-bond donors (Lipinski definition) is 2. The molecule has 1 aromatic rings. The molecule has 1 atom stereocenters. The van der Waals surface area contributed by atoms with Crippen LogP contribution in [0, 0.1) is 12.3 Å². The molecule has 9 heteroatoms. The number of carbonyl (C=O) groups excluding carboxylic acids is 3. The highest BCUT2D eigenvalue weighted by molar-refractivity contribution is 5.89. The lowest BCUT2D eigenvalue weighted by Gasteiger charge is -2.24. The molecule has 0 aromatic heterocycles. The molecule has 0 radical (unpaired) electrons. The predicted molar refractivity (Wildman–Crippen MR) is 87.6 cm³/mol. The minimum Gasteiger partial charge on any atom is -0.508 e. The number of aryl methyl sites for hydroxylation is 1. The number of hydrogen-bond acceptors (Lipinski definition) is 9. The topological polar surface area (TPSA) is 129 Å². The summed E-state index contributed by atoms with van der Waals surface area (Å²) in [7, 11) is 1.11. The van der Waals surface area contributed by atoms with Crippen molar-refractivity contribution in [1.82, 2.24) is 0 Å². The summed E-state index contributed by atoms with van der Waals surface area (Å²) in [6.45, 7) is 1.50. The molecular formula is C17H22O9. The van der Waals surface area contributed by atoms with Crippen LogP contribution in [-0.2, 0) is 23.7 Å². The van der Waals surface area contributed by atoms with E-state index in [1.54, 1.807) is 6.92 Å². The van der Waals surface area contributed by atoms with E-state index in [0.29, 0.717) is 5.56 Å². The smallest absolute Gasteiger partial charge is 0.508 e. The Labute approximate surface area is 150 Å². The number of aromatic hydroxyl groups is 1. The Morgan fingerprint density at radius 3 is 2.35 bits per heavy atom. The van der Waals surface area contributed by atoms with Gasteiger partial charge >= 0.3 is 18.1 Å². The number of carbonyl (C=O) groups is 3. The minimum absolute atomic E-state index is 0.0629. The SMILES string of the molecule is COC(=O)OCC(C)(CO)C(=O)OCCOC(=O)c1ccc(O)c(C)c1. The van der Waals surface area contributed by atoms with Gasteiger partial charge in [0.2, 0.25) is 0 Å². The lowest BCUT2D eigenvalue weighted by Crippen LogP contribution is -2.39. The van der Waals surface area contributed by atoms with E-state index in [1.807, 2.05) is 0 Å². The van der Waals surface area contributed by atoms with Crippen molar-refractivity contribution in [3.8, 4) is 5.75 Å². The lowest BCUT2D eigenvalue weighted by atomic mass is 9.93. The minimum atomic E-state index is -1.47. The van der Waals surface area contributed by atoms with E-state index in [1.165, 1.54) is 25.1 Å². The highest BCUT2D eigenvalue weighted by Crippen LogP contribution is 2.19. The molecule has 2 N–H and O–H groups in total. The maximum Gasteiger partial charge on any atom is 0.508 e. The molecule has 0 heterocycles. The van der Waals surface area contributed by atoms with Crippen molar-refractivity contribution < 1.29 is 43.5 Å². The van der Waals surface area contributed by atoms with Crippen LogP contribution < -0.4 is 0 Å². The van der Waals surface area contributed by atoms with Gasteiger partial charge in [-0.05, 0) is 37.6 Å². The number of rotatable bonds is 8. The van der Waals surface area contributed by atoms with Crippen LogP contribution >= 0.6 is 0 Å². The Balaban J connectivity index is 2.45. The van der Waals surface area contributed by atoms with Crippen LogP contribution in [-0.4, -0.2) is 61.8 Å². The van der Waals surface area contributed by atoms with E-state index in [-0.39, 0.29) is 24.5 Å². The molecule has 26 heavy (non-hydrogen) atoms. The van der Waals surface area contributed by atoms with E-state index in [2.05, 4.69) is 9.47 Å². The van der Waals surface area contributed by atoms with Gasteiger partial charge in [0.15, 0.2) is 0 Å². The third-order valence-electron chi connectivity index (χ3n) is 3.50. The summed E-state index contributed by atoms with van der Waals surface area (Å²) < 4.78 is 18.9. The maximum atomic E-state index is 12.0. The van der Waals surface area contributed by atoms with Crippen molar-refractivity contribution in [1.29, 1.82) is 0 Å². The molecule has 9 nitrogen and oxygen atoms in total. The van der Waals surface area contributed by atoms with Crippen molar-refractivity contribution in [3.05, 3.63) is 29.3 Å². The first-order valence-corrected chi connectivity index (χ1v) is 7.69. The number of phenolic OH excluding ortho intramolecular Hbond substituents is 1. The summed E-state index contributed by atoms with van der Waals surface area (Å²) in [5.74, 6) is -1.39. The molecule has 0 aliphatic carbocycles. The monoisotopic (exact) mass is 370 g/mol. The number of benzene rings is 1. The molecule has 0 spiro atoms. The Kier molecular flexibility index (Phi) is 7.85. The van der Waals surface area contributed by atoms with E-state index < -0.39 is 36.7 Å². The second-order valence-electron chi connectivity index (χ2n) is 5.73. The Bertz CT molecular complexity index is 656. The molecule has 1 unspecified atom stereocenters. The quantitative estimate of drug-likeness (QED) is 0.394. The van der Waals surface area contributed by atoms with Crippen LogP contribution in [0.15, 0.2) is 18.2 Å². The van der Waals surface area contributed by atoms with E-state index in [0.717, 1.165) is 7.11 Å². The highest BCUT2D eigenvalue weighted by Gasteiger charge is 2.36. The van der Waals surface area contributed by atoms with E-state index in [9.17, 15) is 24.6 Å². The van der Waals surface area contributed by atoms with Crippen molar-refractivity contribution in [2.24, 2.45) is 5.41 Å². The standard InChI is InChI=1S/C17H22O9/c1-11-8-12(4-5-13(11)19)14(20)24-6-7-25-15(21)17(2,9-18)10-26-16(22)23-3/h4-5,8,18-19H,6-7,9-10H2,1-3H3. The third kappa shape index (κ3) is 5.92. The fraction of sp³-hybridized carbons (Fsp3) is 0.471. The number of esters is 2. The number of phenols is 1. The van der Waals surface area contributed by atoms with Crippen LogP contribution in [0.1, 0.15) is 22.8 Å². The zero-order valence-electron chi connectivity index (χ0n) is 14.8. The van der Waals surface area contributed by atoms with Gasteiger partial charge < -0.3 is 29.2 Å². The largest absolute Gasteiger partial charge is 0.508 e. The average molecular weight is 370 g/mol. The first-order valence-electron chi connectivity index (χ1n) is 7.69. The maximum absolute atomic E-state index is 12.0. The molecule has 1 rings (SSSR count). The van der Waals surface area contributed by atoms with Crippen LogP contribution in [0.25, 0.3) is 0 Å². The first-order chi connectivity index (χ1) is 12.2. The van der Waals surface area contributed by atoms with Crippen molar-refractivity contribution >= 4 is 18.1 Å². The van der Waals surface area contributed by atoms with E-state index in [4.69, 9.17) is 9.47 Å². The fourth-order valence-corrected chi connectivity index (χ4v) is 1.75. The number of aliphatic hydroxyl groups excluding tert-OH is 1. The first kappa shape index (κ1) is 21.2. The Morgan fingerprint density at radius 1 is 1.12 bits per heavy atom. The third-order valence-corrected chi connectivity index (χ3v) is 3.50. The van der Waals surface area contributed by atoms with Gasteiger partial charge in [0, 0.05) is 0 Å². The summed E-state index contributed by atoms with van der Waals surface area (Å²) in [5, 5.41) is 18.8. The molecule has 144 valence electrons. The summed E-state index contributed by atoms with van der Waals surface area (Å²) in [5.41, 5.74) is -0.694. The summed E-state index contributed by atoms with van der Waals surface area (Å²) >= 11 is 0. The van der Waals surface area contributed by atoms with Crippen molar-refractivity contribution in [3.63, 3.8) is 0 Å². The Hall–Kier alpha value is -2.81. The molecule has 0 saturated heterocycles. The van der Waals surface area contributed by atoms with Gasteiger partial charge in [0.05, 0.1) is 19.3 Å². The van der Waals surface area contributed by atoms with Gasteiger partial charge in [0.1, 0.15) is 31.0 Å². The summed E-state index contributed by atoms with van der Waals surface area (Å²) in [6, 6.07) is 4.25. The second kappa shape index (κ2) is 9.62. The van der Waals surface area contributed by atoms with Gasteiger partial charge in [-0.1, -0.05) is 0 Å². The molecular weight excluding hydrogens is 348 g/mol. The number of ether oxygens (including phenoxy) is 4. The predicted octanol–water partition coefficient (Wildman–Crippen LogP) is 1.18. The second-order valence-corrected chi connectivity index (χ2v) is 5.73. The molecule has 0 bridgehead atoms. The normalized spacial score (nSPS) is 12.6. The van der Waals surface area contributed by atoms with Gasteiger partial charge in [0.25, 0.3) is 0 Å². The highest BCUT2D eigenvalue weighted by atomic mass is 16.7. The molecule has 0 aliphatic heterocycles. The van der Waals surface area contributed by atoms with Crippen LogP contribution in [0.3, 0.4) is 0 Å². The van der Waals surface area contributed by atoms with Gasteiger partial charge in [-0.25, -0.2) is 9.59 Å². The van der Waals surface area contributed by atoms with Gasteiger partial charge in [-0.15, -0.1) is 0 Å². The van der Waals surface area contributed by atoms with Crippen LogP contribution in [0.2, 0.25) is 0 Å². The summed E-state index contributed by atoms with van der Waals surface area (Å²) in [6.07, 6.45) is -0.990. The zero-order valence-corrected chi connectivity index (χ0v) is 14.8. The molecule has 0 amide bonds. The summed E-state index contributed by atoms with van der Waals surface area (Å²) in [4.78, 5) is 34.8. The van der Waals surface area contributed by atoms with Crippen LogP contribution in [0.4, 0.5) is 4.79 Å². The molecule has 0 aliphatic rings. The van der Waals surface area contributed by atoms with Crippen LogP contribution in [0.5, 0.6) is 5.75 Å². The van der Waals surface area contributed by atoms with Crippen molar-refractivity contribution in [2.75, 3.05) is 33.5 Å². The van der Waals surface area contributed by atoms with E-state index >= 15 is 0 Å². The zero-order chi connectivity index (χ0) is 19.7. The molecule has 0 fully saturated rings. The van der Waals surface area contributed by atoms with Gasteiger partial charge in [-0.2, -0.15) is 0 Å². The number of methoxy groups -OCH3 is 1.